The number of nitriles is 1. The first kappa shape index (κ1) is 13.8. The number of nitrogens with zero attached hydrogens (tertiary/aromatic N) is 3. The van der Waals surface area contributed by atoms with E-state index >= 15 is 0 Å². The number of hydrogen-bond acceptors (Lipinski definition) is 5. The van der Waals surface area contributed by atoms with Crippen molar-refractivity contribution in [3.63, 3.8) is 0 Å². The van der Waals surface area contributed by atoms with E-state index in [1.54, 1.807) is 6.07 Å². The summed E-state index contributed by atoms with van der Waals surface area (Å²) in [5, 5.41) is 15.3. The molecular weight excluding hydrogens is 250 g/mol. The molecule has 0 atom stereocenters. The van der Waals surface area contributed by atoms with Crippen LogP contribution in [0.4, 0.5) is 11.6 Å². The molecule has 0 unspecified atom stereocenters. The van der Waals surface area contributed by atoms with Crippen LogP contribution in [0, 0.1) is 25.2 Å². The van der Waals surface area contributed by atoms with E-state index in [1.807, 2.05) is 39.1 Å². The van der Waals surface area contributed by atoms with Gasteiger partial charge in [0.25, 0.3) is 0 Å². The van der Waals surface area contributed by atoms with Gasteiger partial charge in [0.2, 0.25) is 0 Å². The second-order valence-corrected chi connectivity index (χ2v) is 4.51. The molecule has 0 saturated heterocycles. The van der Waals surface area contributed by atoms with Crippen molar-refractivity contribution in [1.82, 2.24) is 9.97 Å². The molecule has 0 bridgehead atoms. The van der Waals surface area contributed by atoms with E-state index in [0.717, 1.165) is 22.8 Å². The molecule has 0 radical (unpaired) electrons. The summed E-state index contributed by atoms with van der Waals surface area (Å²) >= 11 is 0. The molecule has 0 fully saturated rings. The maximum Gasteiger partial charge on any atom is 0.135 e. The lowest BCUT2D eigenvalue weighted by molar-refractivity contribution is 1.00. The molecule has 2 N–H and O–H groups in total. The van der Waals surface area contributed by atoms with Crippen molar-refractivity contribution in [2.75, 3.05) is 17.7 Å². The van der Waals surface area contributed by atoms with E-state index in [2.05, 4.69) is 26.7 Å². The Morgan fingerprint density at radius 3 is 2.65 bits per heavy atom. The summed E-state index contributed by atoms with van der Waals surface area (Å²) in [7, 11) is 1.84. The van der Waals surface area contributed by atoms with Gasteiger partial charge in [-0.1, -0.05) is 12.1 Å². The van der Waals surface area contributed by atoms with Gasteiger partial charge in [-0.15, -0.1) is 0 Å². The first-order chi connectivity index (χ1) is 9.63. The second kappa shape index (κ2) is 6.02. The fourth-order valence-electron chi connectivity index (χ4n) is 1.98. The van der Waals surface area contributed by atoms with Crippen LogP contribution in [0.5, 0.6) is 0 Å². The zero-order valence-corrected chi connectivity index (χ0v) is 11.9. The Morgan fingerprint density at radius 2 is 1.95 bits per heavy atom. The minimum atomic E-state index is 0.621. The predicted molar refractivity (Wildman–Crippen MR) is 79.5 cm³/mol. The quantitative estimate of drug-likeness (QED) is 0.890. The van der Waals surface area contributed by atoms with Crippen molar-refractivity contribution < 1.29 is 0 Å². The van der Waals surface area contributed by atoms with Crippen LogP contribution in [-0.4, -0.2) is 17.0 Å². The molecular formula is C15H17N5. The zero-order chi connectivity index (χ0) is 14.5. The van der Waals surface area contributed by atoms with Gasteiger partial charge in [0, 0.05) is 19.2 Å². The molecule has 102 valence electrons. The molecule has 20 heavy (non-hydrogen) atoms. The third-order valence-corrected chi connectivity index (χ3v) is 3.01. The highest BCUT2D eigenvalue weighted by molar-refractivity contribution is 5.57. The summed E-state index contributed by atoms with van der Waals surface area (Å²) in [6.45, 7) is 4.46. The molecule has 2 aromatic rings. The first-order valence-corrected chi connectivity index (χ1v) is 6.40. The van der Waals surface area contributed by atoms with Gasteiger partial charge in [0.15, 0.2) is 0 Å². The second-order valence-electron chi connectivity index (χ2n) is 4.51. The molecule has 1 aromatic heterocycles. The smallest absolute Gasteiger partial charge is 0.135 e. The fraction of sp³-hybridized carbons (Fsp3) is 0.267. The monoisotopic (exact) mass is 267 g/mol. The van der Waals surface area contributed by atoms with Gasteiger partial charge in [0.1, 0.15) is 17.5 Å². The number of aryl methyl sites for hydroxylation is 1. The highest BCUT2D eigenvalue weighted by Crippen LogP contribution is 2.20. The SMILES string of the molecule is CNc1nc(C)nc(NCc2cccc(C#N)c2)c1C. The maximum absolute atomic E-state index is 8.90. The van der Waals surface area contributed by atoms with E-state index < -0.39 is 0 Å². The van der Waals surface area contributed by atoms with Crippen LogP contribution in [0.2, 0.25) is 0 Å². The first-order valence-electron chi connectivity index (χ1n) is 6.40. The normalized spacial score (nSPS) is 9.90. The Bertz CT molecular complexity index is 658. The van der Waals surface area contributed by atoms with Gasteiger partial charge >= 0.3 is 0 Å². The van der Waals surface area contributed by atoms with Gasteiger partial charge in [-0.25, -0.2) is 9.97 Å². The van der Waals surface area contributed by atoms with E-state index in [4.69, 9.17) is 5.26 Å². The largest absolute Gasteiger partial charge is 0.373 e. The summed E-state index contributed by atoms with van der Waals surface area (Å²) in [4.78, 5) is 8.74. The van der Waals surface area contributed by atoms with E-state index in [0.29, 0.717) is 17.9 Å². The van der Waals surface area contributed by atoms with Crippen molar-refractivity contribution in [2.45, 2.75) is 20.4 Å². The Hall–Kier alpha value is -2.61. The highest BCUT2D eigenvalue weighted by Gasteiger charge is 2.07. The molecule has 2 rings (SSSR count). The lowest BCUT2D eigenvalue weighted by atomic mass is 10.1. The molecule has 0 saturated carbocycles. The molecule has 0 aliphatic rings. The van der Waals surface area contributed by atoms with Crippen molar-refractivity contribution >= 4 is 11.6 Å². The molecule has 5 nitrogen and oxygen atoms in total. The molecule has 0 aliphatic heterocycles. The number of rotatable bonds is 4. The average Bonchev–Trinajstić information content (AvgIpc) is 2.48. The predicted octanol–water partition coefficient (Wildman–Crippen LogP) is 2.62. The summed E-state index contributed by atoms with van der Waals surface area (Å²) in [6, 6.07) is 9.67. The minimum Gasteiger partial charge on any atom is -0.373 e. The van der Waals surface area contributed by atoms with Gasteiger partial charge in [-0.2, -0.15) is 5.26 Å². The van der Waals surface area contributed by atoms with E-state index in [-0.39, 0.29) is 0 Å². The minimum absolute atomic E-state index is 0.621. The Morgan fingerprint density at radius 1 is 1.20 bits per heavy atom. The Kier molecular flexibility index (Phi) is 4.16. The third-order valence-electron chi connectivity index (χ3n) is 3.01. The van der Waals surface area contributed by atoms with Gasteiger partial charge in [-0.05, 0) is 31.5 Å². The molecule has 0 amide bonds. The van der Waals surface area contributed by atoms with Gasteiger partial charge in [0.05, 0.1) is 11.6 Å². The molecule has 0 spiro atoms. The molecule has 1 aromatic carbocycles. The van der Waals surface area contributed by atoms with Crippen LogP contribution in [0.25, 0.3) is 0 Å². The van der Waals surface area contributed by atoms with Crippen molar-refractivity contribution in [3.8, 4) is 6.07 Å². The summed E-state index contributed by atoms with van der Waals surface area (Å²) in [5.41, 5.74) is 2.69. The molecule has 1 heterocycles. The maximum atomic E-state index is 8.90. The number of nitrogens with one attached hydrogen (secondary N) is 2. The molecule has 5 heteroatoms. The van der Waals surface area contributed by atoms with Gasteiger partial charge in [-0.3, -0.25) is 0 Å². The third kappa shape index (κ3) is 3.04. The number of hydrogen-bond donors (Lipinski definition) is 2. The van der Waals surface area contributed by atoms with Crippen LogP contribution in [0.15, 0.2) is 24.3 Å². The van der Waals surface area contributed by atoms with Crippen LogP contribution in [0.1, 0.15) is 22.5 Å². The van der Waals surface area contributed by atoms with Crippen molar-refractivity contribution in [1.29, 1.82) is 5.26 Å². The number of anilines is 2. The van der Waals surface area contributed by atoms with Crippen molar-refractivity contribution in [3.05, 3.63) is 46.8 Å². The van der Waals surface area contributed by atoms with Crippen LogP contribution < -0.4 is 10.6 Å². The highest BCUT2D eigenvalue weighted by atomic mass is 15.1. The van der Waals surface area contributed by atoms with E-state index in [9.17, 15) is 0 Å². The summed E-state index contributed by atoms with van der Waals surface area (Å²) < 4.78 is 0. The van der Waals surface area contributed by atoms with Crippen molar-refractivity contribution in [2.24, 2.45) is 0 Å². The average molecular weight is 267 g/mol. The Balaban J connectivity index is 2.18. The number of aromatic nitrogens is 2. The Labute approximate surface area is 118 Å². The summed E-state index contributed by atoms with van der Waals surface area (Å²) in [6.07, 6.45) is 0. The lowest BCUT2D eigenvalue weighted by Crippen LogP contribution is -2.08. The van der Waals surface area contributed by atoms with Gasteiger partial charge < -0.3 is 10.6 Å². The molecule has 0 aliphatic carbocycles. The van der Waals surface area contributed by atoms with E-state index in [1.165, 1.54) is 0 Å². The fourth-order valence-corrected chi connectivity index (χ4v) is 1.98. The topological polar surface area (TPSA) is 73.6 Å². The van der Waals surface area contributed by atoms with Crippen LogP contribution in [-0.2, 0) is 6.54 Å². The van der Waals surface area contributed by atoms with Crippen LogP contribution >= 0.6 is 0 Å². The lowest BCUT2D eigenvalue weighted by Gasteiger charge is -2.12. The number of benzene rings is 1. The summed E-state index contributed by atoms with van der Waals surface area (Å²) in [5.74, 6) is 2.35. The standard InChI is InChI=1S/C15H17N5/c1-10-14(17-3)19-11(2)20-15(10)18-9-13-6-4-5-12(7-13)8-16/h4-7H,9H2,1-3H3,(H2,17,18,19,20). The van der Waals surface area contributed by atoms with Crippen LogP contribution in [0.3, 0.4) is 0 Å². The zero-order valence-electron chi connectivity index (χ0n) is 11.9.